The number of benzene rings is 1. The van der Waals surface area contributed by atoms with E-state index in [1.165, 1.54) is 25.2 Å². The number of para-hydroxylation sites is 1. The van der Waals surface area contributed by atoms with Gasteiger partial charge in [-0.2, -0.15) is 0 Å². The number of hydrogen-bond donors (Lipinski definition) is 2. The molecule has 1 fully saturated rings. The fourth-order valence-electron chi connectivity index (χ4n) is 1.96. The largest absolute Gasteiger partial charge is 0.334 e. The summed E-state index contributed by atoms with van der Waals surface area (Å²) < 4.78 is 0. The Hall–Kier alpha value is -3.01. The Labute approximate surface area is 118 Å². The Morgan fingerprint density at radius 1 is 1.29 bits per heavy atom. The number of hydrogen-bond acceptors (Lipinski definition) is 7. The molecule has 4 amide bonds. The molecule has 2 rings (SSSR count). The van der Waals surface area contributed by atoms with E-state index in [2.05, 4.69) is 5.43 Å². The van der Waals surface area contributed by atoms with Crippen LogP contribution >= 0.6 is 0 Å². The second kappa shape index (κ2) is 5.17. The zero-order valence-electron chi connectivity index (χ0n) is 10.9. The lowest BCUT2D eigenvalue weighted by Crippen LogP contribution is -2.31. The van der Waals surface area contributed by atoms with Crippen LogP contribution in [-0.2, 0) is 16.1 Å². The maximum Gasteiger partial charge on any atom is 0.334 e. The number of anilines is 1. The van der Waals surface area contributed by atoms with Crippen LogP contribution < -0.4 is 11.3 Å². The molecule has 0 saturated carbocycles. The van der Waals surface area contributed by atoms with E-state index >= 15 is 0 Å². The van der Waals surface area contributed by atoms with Crippen LogP contribution in [0, 0.1) is 10.1 Å². The predicted molar refractivity (Wildman–Crippen MR) is 69.6 cm³/mol. The maximum absolute atomic E-state index is 11.8. The number of nitro benzene ring substituents is 1. The number of hydrazine groups is 1. The average Bonchev–Trinajstić information content (AvgIpc) is 2.64. The van der Waals surface area contributed by atoms with Crippen LogP contribution in [0.2, 0.25) is 0 Å². The molecule has 0 aromatic heterocycles. The summed E-state index contributed by atoms with van der Waals surface area (Å²) in [6.07, 6.45) is 0. The Morgan fingerprint density at radius 3 is 2.43 bits per heavy atom. The molecule has 10 heteroatoms. The molecule has 0 spiro atoms. The summed E-state index contributed by atoms with van der Waals surface area (Å²) >= 11 is 0. The first-order chi connectivity index (χ1) is 9.88. The van der Waals surface area contributed by atoms with Gasteiger partial charge in [-0.3, -0.25) is 35.3 Å². The number of carbonyl (C=O) groups excluding carboxylic acids is 3. The lowest BCUT2D eigenvalue weighted by atomic mass is 10.1. The number of nitrogens with zero attached hydrogens (tertiary/aromatic N) is 3. The third-order valence-electron chi connectivity index (χ3n) is 3.05. The Kier molecular flexibility index (Phi) is 3.54. The molecular formula is C11H11N5O5. The molecule has 0 radical (unpaired) electrons. The summed E-state index contributed by atoms with van der Waals surface area (Å²) in [5, 5.41) is 10.9. The molecule has 3 N–H and O–H groups in total. The van der Waals surface area contributed by atoms with E-state index in [1.807, 2.05) is 0 Å². The van der Waals surface area contributed by atoms with Crippen molar-refractivity contribution >= 4 is 29.2 Å². The van der Waals surface area contributed by atoms with E-state index in [-0.39, 0.29) is 23.5 Å². The van der Waals surface area contributed by atoms with Gasteiger partial charge in [-0.25, -0.2) is 4.79 Å². The normalized spacial score (nSPS) is 14.9. The van der Waals surface area contributed by atoms with Crippen LogP contribution in [-0.4, -0.2) is 39.6 Å². The molecule has 0 bridgehead atoms. The van der Waals surface area contributed by atoms with E-state index < -0.39 is 22.8 Å². The van der Waals surface area contributed by atoms with E-state index in [0.717, 1.165) is 0 Å². The number of nitrogens with two attached hydrogens (primary N) is 1. The van der Waals surface area contributed by atoms with Gasteiger partial charge < -0.3 is 5.43 Å². The van der Waals surface area contributed by atoms with Crippen LogP contribution in [0.15, 0.2) is 18.2 Å². The predicted octanol–water partition coefficient (Wildman–Crippen LogP) is -0.199. The Balaban J connectivity index is 2.39. The number of imide groups is 2. The van der Waals surface area contributed by atoms with Gasteiger partial charge in [0.15, 0.2) is 0 Å². The van der Waals surface area contributed by atoms with Crippen molar-refractivity contribution in [3.63, 3.8) is 0 Å². The maximum atomic E-state index is 11.8. The first-order valence-electron chi connectivity index (χ1n) is 5.75. The minimum atomic E-state index is -0.989. The zero-order valence-corrected chi connectivity index (χ0v) is 10.9. The molecule has 1 heterocycles. The zero-order chi connectivity index (χ0) is 15.7. The lowest BCUT2D eigenvalue weighted by molar-refractivity contribution is -0.384. The molecule has 1 aromatic carbocycles. The lowest BCUT2D eigenvalue weighted by Gasteiger charge is -2.15. The summed E-state index contributed by atoms with van der Waals surface area (Å²) in [4.78, 5) is 46.5. The summed E-state index contributed by atoms with van der Waals surface area (Å²) in [6.45, 7) is -0.297. The number of urea groups is 1. The molecule has 0 unspecified atom stereocenters. The van der Waals surface area contributed by atoms with Gasteiger partial charge in [-0.1, -0.05) is 12.1 Å². The molecule has 0 atom stereocenters. The average molecular weight is 293 g/mol. The molecular weight excluding hydrogens is 282 g/mol. The molecule has 110 valence electrons. The number of likely N-dealkylation sites (N-methyl/N-ethyl adjacent to an activating group) is 1. The third-order valence-corrected chi connectivity index (χ3v) is 3.05. The number of carbonyl (C=O) groups is 3. The quantitative estimate of drug-likeness (QED) is 0.257. The molecule has 1 aromatic rings. The third kappa shape index (κ3) is 2.27. The summed E-state index contributed by atoms with van der Waals surface area (Å²) in [7, 11) is 1.18. The minimum absolute atomic E-state index is 0.0231. The number of rotatable bonds is 4. The highest BCUT2D eigenvalue weighted by molar-refractivity contribution is 6.44. The van der Waals surface area contributed by atoms with Gasteiger partial charge >= 0.3 is 17.8 Å². The molecule has 1 saturated heterocycles. The number of amides is 4. The fourth-order valence-corrected chi connectivity index (χ4v) is 1.96. The van der Waals surface area contributed by atoms with Gasteiger partial charge in [0.1, 0.15) is 5.69 Å². The molecule has 0 aliphatic carbocycles. The topological polar surface area (TPSA) is 139 Å². The standard InChI is InChI=1S/C11H11N5O5/c1-14-9(17)10(18)15(11(14)19)5-6-3-2-4-7(16(20)21)8(6)13-12/h2-4,13H,5,12H2,1H3. The summed E-state index contributed by atoms with van der Waals surface area (Å²) in [5.74, 6) is 3.33. The van der Waals surface area contributed by atoms with Crippen molar-refractivity contribution < 1.29 is 19.3 Å². The second-order valence-corrected chi connectivity index (χ2v) is 4.25. The summed E-state index contributed by atoms with van der Waals surface area (Å²) in [6, 6.07) is 3.29. The molecule has 10 nitrogen and oxygen atoms in total. The Morgan fingerprint density at radius 2 is 1.95 bits per heavy atom. The van der Waals surface area contributed by atoms with Crippen molar-refractivity contribution in [2.24, 2.45) is 5.84 Å². The van der Waals surface area contributed by atoms with Crippen LogP contribution in [0.1, 0.15) is 5.56 Å². The smallest absolute Gasteiger partial charge is 0.318 e. The first-order valence-corrected chi connectivity index (χ1v) is 5.75. The van der Waals surface area contributed by atoms with Crippen LogP contribution in [0.4, 0.5) is 16.2 Å². The molecule has 1 aliphatic heterocycles. The van der Waals surface area contributed by atoms with Gasteiger partial charge in [-0.15, -0.1) is 0 Å². The Bertz CT molecular complexity index is 658. The molecule has 1 aliphatic rings. The fraction of sp³-hybridized carbons (Fsp3) is 0.182. The first kappa shape index (κ1) is 14.4. The van der Waals surface area contributed by atoms with Crippen molar-refractivity contribution in [2.75, 3.05) is 12.5 Å². The van der Waals surface area contributed by atoms with Crippen molar-refractivity contribution in [1.82, 2.24) is 9.80 Å². The molecule has 21 heavy (non-hydrogen) atoms. The highest BCUT2D eigenvalue weighted by Crippen LogP contribution is 2.29. The summed E-state index contributed by atoms with van der Waals surface area (Å²) in [5.41, 5.74) is 2.11. The number of nitrogens with one attached hydrogen (secondary N) is 1. The van der Waals surface area contributed by atoms with Crippen molar-refractivity contribution in [2.45, 2.75) is 6.54 Å². The van der Waals surface area contributed by atoms with Gasteiger partial charge in [0.05, 0.1) is 11.5 Å². The highest BCUT2D eigenvalue weighted by atomic mass is 16.6. The van der Waals surface area contributed by atoms with Gasteiger partial charge in [-0.05, 0) is 0 Å². The number of nitrogen functional groups attached to an aromatic ring is 1. The van der Waals surface area contributed by atoms with Crippen LogP contribution in [0.25, 0.3) is 0 Å². The van der Waals surface area contributed by atoms with Crippen molar-refractivity contribution in [3.8, 4) is 0 Å². The van der Waals surface area contributed by atoms with E-state index in [1.54, 1.807) is 0 Å². The monoisotopic (exact) mass is 293 g/mol. The SMILES string of the molecule is CN1C(=O)C(=O)N(Cc2cccc([N+](=O)[O-])c2NN)C1=O. The van der Waals surface area contributed by atoms with Gasteiger partial charge in [0, 0.05) is 18.7 Å². The van der Waals surface area contributed by atoms with Gasteiger partial charge in [0.25, 0.3) is 5.69 Å². The van der Waals surface area contributed by atoms with Gasteiger partial charge in [0.2, 0.25) is 0 Å². The van der Waals surface area contributed by atoms with Crippen molar-refractivity contribution in [1.29, 1.82) is 0 Å². The second-order valence-electron chi connectivity index (χ2n) is 4.25. The van der Waals surface area contributed by atoms with E-state index in [9.17, 15) is 24.5 Å². The number of nitro groups is 1. The minimum Gasteiger partial charge on any atom is -0.318 e. The highest BCUT2D eigenvalue weighted by Gasteiger charge is 2.42. The van der Waals surface area contributed by atoms with Crippen molar-refractivity contribution in [3.05, 3.63) is 33.9 Å². The van der Waals surface area contributed by atoms with Crippen LogP contribution in [0.5, 0.6) is 0 Å². The van der Waals surface area contributed by atoms with E-state index in [4.69, 9.17) is 5.84 Å². The van der Waals surface area contributed by atoms with E-state index in [0.29, 0.717) is 9.80 Å². The van der Waals surface area contributed by atoms with Crippen LogP contribution in [0.3, 0.4) is 0 Å².